The summed E-state index contributed by atoms with van der Waals surface area (Å²) in [6.45, 7) is 0.481. The van der Waals surface area contributed by atoms with Gasteiger partial charge in [0.2, 0.25) is 11.7 Å². The lowest BCUT2D eigenvalue weighted by atomic mass is 10.1. The third-order valence-electron chi connectivity index (χ3n) is 4.71. The molecule has 1 unspecified atom stereocenters. The molecule has 3 aromatic rings. The van der Waals surface area contributed by atoms with E-state index in [0.29, 0.717) is 35.3 Å². The molecule has 0 aliphatic carbocycles. The van der Waals surface area contributed by atoms with Crippen molar-refractivity contribution in [2.75, 3.05) is 6.54 Å². The second-order valence-electron chi connectivity index (χ2n) is 6.55. The van der Waals surface area contributed by atoms with Crippen molar-refractivity contribution in [3.63, 3.8) is 0 Å². The molecule has 1 aliphatic heterocycles. The number of amides is 1. The Bertz CT molecular complexity index is 1100. The van der Waals surface area contributed by atoms with E-state index in [4.69, 9.17) is 27.7 Å². The van der Waals surface area contributed by atoms with Gasteiger partial charge in [0.05, 0.1) is 4.92 Å². The fourth-order valence-electron chi connectivity index (χ4n) is 3.33. The maximum Gasteiger partial charge on any atom is 0.288 e. The zero-order chi connectivity index (χ0) is 20.5. The molecule has 2 aromatic carbocycles. The number of nitro benzene ring substituents is 1. The minimum absolute atomic E-state index is 0.0208. The SMILES string of the molecule is O=C(c1ccc(Cl)c([N+](=O)[O-])c1)N1CCCC1c1nc(-c2cccc(Cl)c2)no1. The van der Waals surface area contributed by atoms with Crippen LogP contribution in [0.4, 0.5) is 5.69 Å². The van der Waals surface area contributed by atoms with Gasteiger partial charge in [0.25, 0.3) is 11.6 Å². The van der Waals surface area contributed by atoms with E-state index in [9.17, 15) is 14.9 Å². The van der Waals surface area contributed by atoms with Crippen LogP contribution in [0, 0.1) is 10.1 Å². The summed E-state index contributed by atoms with van der Waals surface area (Å²) in [5.41, 5.74) is 0.577. The van der Waals surface area contributed by atoms with Gasteiger partial charge in [-0.25, -0.2) is 0 Å². The van der Waals surface area contributed by atoms with Crippen LogP contribution in [-0.2, 0) is 0 Å². The monoisotopic (exact) mass is 432 g/mol. The summed E-state index contributed by atoms with van der Waals surface area (Å²) in [5, 5.41) is 15.6. The molecule has 10 heteroatoms. The topological polar surface area (TPSA) is 102 Å². The Labute approximate surface area is 175 Å². The highest BCUT2D eigenvalue weighted by Crippen LogP contribution is 2.34. The van der Waals surface area contributed by atoms with Crippen LogP contribution in [0.25, 0.3) is 11.4 Å². The Kier molecular flexibility index (Phi) is 5.21. The molecule has 148 valence electrons. The van der Waals surface area contributed by atoms with E-state index in [1.165, 1.54) is 18.2 Å². The molecule has 1 aromatic heterocycles. The van der Waals surface area contributed by atoms with E-state index in [1.54, 1.807) is 23.1 Å². The Morgan fingerprint density at radius 1 is 1.24 bits per heavy atom. The first-order valence-electron chi connectivity index (χ1n) is 8.78. The molecular weight excluding hydrogens is 419 g/mol. The van der Waals surface area contributed by atoms with Gasteiger partial charge in [-0.3, -0.25) is 14.9 Å². The molecule has 8 nitrogen and oxygen atoms in total. The highest BCUT2D eigenvalue weighted by molar-refractivity contribution is 6.32. The second kappa shape index (κ2) is 7.81. The van der Waals surface area contributed by atoms with Crippen LogP contribution < -0.4 is 0 Å². The molecule has 1 aliphatic rings. The number of hydrogen-bond acceptors (Lipinski definition) is 6. The maximum absolute atomic E-state index is 13.0. The molecule has 29 heavy (non-hydrogen) atoms. The van der Waals surface area contributed by atoms with E-state index >= 15 is 0 Å². The largest absolute Gasteiger partial charge is 0.337 e. The molecule has 1 atom stereocenters. The standard InChI is InChI=1S/C19H14Cl2N4O4/c20-13-4-1-3-11(9-13)17-22-18(29-23-17)15-5-2-8-24(15)19(26)12-6-7-14(21)16(10-12)25(27)28/h1,3-4,6-7,9-10,15H,2,5,8H2. The average molecular weight is 433 g/mol. The molecule has 2 heterocycles. The molecule has 0 N–H and O–H groups in total. The third-order valence-corrected chi connectivity index (χ3v) is 5.27. The van der Waals surface area contributed by atoms with E-state index in [2.05, 4.69) is 10.1 Å². The predicted molar refractivity (Wildman–Crippen MR) is 106 cm³/mol. The molecule has 4 rings (SSSR count). The molecule has 1 saturated heterocycles. The molecule has 0 saturated carbocycles. The lowest BCUT2D eigenvalue weighted by Gasteiger charge is -2.21. The molecule has 0 spiro atoms. The number of halogens is 2. The summed E-state index contributed by atoms with van der Waals surface area (Å²) in [5.74, 6) is 0.341. The molecule has 1 amide bonds. The molecule has 0 bridgehead atoms. The van der Waals surface area contributed by atoms with Gasteiger partial charge in [-0.05, 0) is 37.1 Å². The van der Waals surface area contributed by atoms with Crippen molar-refractivity contribution < 1.29 is 14.2 Å². The normalized spacial score (nSPS) is 16.2. The van der Waals surface area contributed by atoms with Gasteiger partial charge in [0.1, 0.15) is 11.1 Å². The number of carbonyl (C=O) groups excluding carboxylic acids is 1. The van der Waals surface area contributed by atoms with Crippen molar-refractivity contribution in [2.45, 2.75) is 18.9 Å². The van der Waals surface area contributed by atoms with Gasteiger partial charge in [-0.2, -0.15) is 4.98 Å². The van der Waals surface area contributed by atoms with Crippen molar-refractivity contribution >= 4 is 34.8 Å². The first-order valence-corrected chi connectivity index (χ1v) is 9.54. The first-order chi connectivity index (χ1) is 13.9. The summed E-state index contributed by atoms with van der Waals surface area (Å²) in [4.78, 5) is 29.5. The summed E-state index contributed by atoms with van der Waals surface area (Å²) in [6, 6.07) is 10.7. The van der Waals surface area contributed by atoms with Crippen LogP contribution in [0.1, 0.15) is 35.1 Å². The molecule has 0 radical (unpaired) electrons. The van der Waals surface area contributed by atoms with Gasteiger partial charge in [0, 0.05) is 28.8 Å². The van der Waals surface area contributed by atoms with Gasteiger partial charge in [0.15, 0.2) is 0 Å². The van der Waals surface area contributed by atoms with Gasteiger partial charge in [-0.1, -0.05) is 40.5 Å². The van der Waals surface area contributed by atoms with Crippen LogP contribution in [0.5, 0.6) is 0 Å². The van der Waals surface area contributed by atoms with Crippen LogP contribution >= 0.6 is 23.2 Å². The van der Waals surface area contributed by atoms with Crippen molar-refractivity contribution in [1.29, 1.82) is 0 Å². The van der Waals surface area contributed by atoms with Crippen molar-refractivity contribution in [3.8, 4) is 11.4 Å². The number of nitro groups is 1. The Morgan fingerprint density at radius 3 is 2.83 bits per heavy atom. The lowest BCUT2D eigenvalue weighted by Crippen LogP contribution is -2.30. The number of rotatable bonds is 4. The number of benzene rings is 2. The zero-order valence-electron chi connectivity index (χ0n) is 14.9. The fraction of sp³-hybridized carbons (Fsp3) is 0.211. The molecular formula is C19H14Cl2N4O4. The van der Waals surface area contributed by atoms with E-state index in [-0.39, 0.29) is 22.2 Å². The Morgan fingerprint density at radius 2 is 2.07 bits per heavy atom. The first kappa shape index (κ1) is 19.4. The smallest absolute Gasteiger partial charge is 0.288 e. The maximum atomic E-state index is 13.0. The van der Waals surface area contributed by atoms with E-state index < -0.39 is 11.0 Å². The summed E-state index contributed by atoms with van der Waals surface area (Å²) in [6.07, 6.45) is 1.40. The van der Waals surface area contributed by atoms with Crippen molar-refractivity contribution in [1.82, 2.24) is 15.0 Å². The number of nitrogens with zero attached hydrogens (tertiary/aromatic N) is 4. The van der Waals surface area contributed by atoms with Crippen LogP contribution in [0.15, 0.2) is 47.0 Å². The van der Waals surface area contributed by atoms with Gasteiger partial charge < -0.3 is 9.42 Å². The third kappa shape index (κ3) is 3.81. The summed E-state index contributed by atoms with van der Waals surface area (Å²) in [7, 11) is 0. The van der Waals surface area contributed by atoms with Crippen molar-refractivity contribution in [2.24, 2.45) is 0 Å². The number of aromatic nitrogens is 2. The van der Waals surface area contributed by atoms with Crippen LogP contribution in [0.3, 0.4) is 0 Å². The van der Waals surface area contributed by atoms with Crippen LogP contribution in [-0.4, -0.2) is 32.4 Å². The minimum Gasteiger partial charge on any atom is -0.337 e. The van der Waals surface area contributed by atoms with Gasteiger partial charge >= 0.3 is 0 Å². The second-order valence-corrected chi connectivity index (χ2v) is 7.39. The average Bonchev–Trinajstić information content (AvgIpc) is 3.37. The molecule has 1 fully saturated rings. The highest BCUT2D eigenvalue weighted by atomic mass is 35.5. The zero-order valence-corrected chi connectivity index (χ0v) is 16.4. The number of carbonyl (C=O) groups is 1. The lowest BCUT2D eigenvalue weighted by molar-refractivity contribution is -0.384. The van der Waals surface area contributed by atoms with Crippen molar-refractivity contribution in [3.05, 3.63) is 74.1 Å². The Hall–Kier alpha value is -2.97. The number of likely N-dealkylation sites (tertiary alicyclic amines) is 1. The summed E-state index contributed by atoms with van der Waals surface area (Å²) >= 11 is 11.9. The van der Waals surface area contributed by atoms with Crippen LogP contribution in [0.2, 0.25) is 10.0 Å². The Balaban J connectivity index is 1.61. The highest BCUT2D eigenvalue weighted by Gasteiger charge is 2.35. The van der Waals surface area contributed by atoms with E-state index in [0.717, 1.165) is 6.42 Å². The van der Waals surface area contributed by atoms with Gasteiger partial charge in [-0.15, -0.1) is 0 Å². The predicted octanol–water partition coefficient (Wildman–Crippen LogP) is 4.93. The number of hydrogen-bond donors (Lipinski definition) is 0. The quantitative estimate of drug-likeness (QED) is 0.427. The minimum atomic E-state index is -0.615. The fourth-order valence-corrected chi connectivity index (χ4v) is 3.71. The summed E-state index contributed by atoms with van der Waals surface area (Å²) < 4.78 is 5.41. The van der Waals surface area contributed by atoms with E-state index in [1.807, 2.05) is 6.07 Å².